The Hall–Kier alpha value is -2.94. The number of amides is 1. The van der Waals surface area contributed by atoms with Gasteiger partial charge >= 0.3 is 0 Å². The zero-order valence-corrected chi connectivity index (χ0v) is 17.7. The van der Waals surface area contributed by atoms with Crippen molar-refractivity contribution in [2.45, 2.75) is 45.3 Å². The number of aromatic nitrogens is 3. The summed E-state index contributed by atoms with van der Waals surface area (Å²) in [6.07, 6.45) is 6.45. The number of carbonyl (C=O) groups is 1. The van der Waals surface area contributed by atoms with Crippen LogP contribution in [-0.2, 0) is 0 Å². The minimum absolute atomic E-state index is 0.0650. The lowest BCUT2D eigenvalue weighted by Gasteiger charge is -2.32. The predicted molar refractivity (Wildman–Crippen MR) is 112 cm³/mol. The molecule has 0 aliphatic carbocycles. The van der Waals surface area contributed by atoms with Crippen LogP contribution in [0.5, 0.6) is 11.6 Å². The Morgan fingerprint density at radius 2 is 2.10 bits per heavy atom. The summed E-state index contributed by atoms with van der Waals surface area (Å²) in [4.78, 5) is 27.4. The SMILES string of the molecule is CCOc1cccnc1O[C@@H]1CCCN(c2ncc(C(=O)NC(C)(C)CO)cn2)C1. The quantitative estimate of drug-likeness (QED) is 0.672. The molecule has 1 aliphatic heterocycles. The third-order valence-electron chi connectivity index (χ3n) is 4.72. The smallest absolute Gasteiger partial charge is 0.257 e. The molecule has 0 aromatic carbocycles. The molecule has 1 atom stereocenters. The van der Waals surface area contributed by atoms with E-state index >= 15 is 0 Å². The van der Waals surface area contributed by atoms with Gasteiger partial charge in [0, 0.05) is 25.1 Å². The highest BCUT2D eigenvalue weighted by Crippen LogP contribution is 2.27. The molecule has 0 bridgehead atoms. The third-order valence-corrected chi connectivity index (χ3v) is 4.72. The van der Waals surface area contributed by atoms with Crippen molar-refractivity contribution >= 4 is 11.9 Å². The van der Waals surface area contributed by atoms with E-state index in [1.165, 1.54) is 12.4 Å². The minimum Gasteiger partial charge on any atom is -0.488 e. The molecule has 9 nitrogen and oxygen atoms in total. The van der Waals surface area contributed by atoms with Crippen LogP contribution < -0.4 is 19.7 Å². The number of nitrogens with zero attached hydrogens (tertiary/aromatic N) is 4. The number of piperidine rings is 1. The second kappa shape index (κ2) is 9.71. The van der Waals surface area contributed by atoms with E-state index in [4.69, 9.17) is 9.47 Å². The molecule has 162 valence electrons. The van der Waals surface area contributed by atoms with Crippen molar-refractivity contribution < 1.29 is 19.4 Å². The average Bonchev–Trinajstić information content (AvgIpc) is 2.75. The molecule has 2 aromatic rings. The van der Waals surface area contributed by atoms with Crippen LogP contribution in [-0.4, -0.2) is 63.9 Å². The molecule has 0 unspecified atom stereocenters. The number of pyridine rings is 1. The fraction of sp³-hybridized carbons (Fsp3) is 0.524. The van der Waals surface area contributed by atoms with Crippen LogP contribution in [0.15, 0.2) is 30.7 Å². The van der Waals surface area contributed by atoms with Gasteiger partial charge in [-0.1, -0.05) is 0 Å². The molecule has 0 saturated carbocycles. The number of rotatable bonds is 8. The first kappa shape index (κ1) is 21.8. The van der Waals surface area contributed by atoms with Crippen molar-refractivity contribution in [2.24, 2.45) is 0 Å². The van der Waals surface area contributed by atoms with E-state index in [0.29, 0.717) is 36.3 Å². The maximum atomic E-state index is 12.3. The van der Waals surface area contributed by atoms with Crippen LogP contribution in [0.2, 0.25) is 0 Å². The molecule has 3 heterocycles. The number of hydrogen-bond acceptors (Lipinski definition) is 8. The number of carbonyl (C=O) groups excluding carboxylic acids is 1. The number of hydrogen-bond donors (Lipinski definition) is 2. The zero-order chi connectivity index (χ0) is 21.6. The van der Waals surface area contributed by atoms with Crippen LogP contribution in [0.3, 0.4) is 0 Å². The first-order valence-electron chi connectivity index (χ1n) is 10.2. The Morgan fingerprint density at radius 3 is 2.80 bits per heavy atom. The summed E-state index contributed by atoms with van der Waals surface area (Å²) < 4.78 is 11.7. The van der Waals surface area contributed by atoms with E-state index in [0.717, 1.165) is 19.4 Å². The first-order valence-corrected chi connectivity index (χ1v) is 10.2. The molecular weight excluding hydrogens is 386 g/mol. The Morgan fingerprint density at radius 1 is 1.33 bits per heavy atom. The van der Waals surface area contributed by atoms with Gasteiger partial charge in [0.15, 0.2) is 5.75 Å². The second-order valence-electron chi connectivity index (χ2n) is 7.84. The molecule has 1 fully saturated rings. The average molecular weight is 415 g/mol. The van der Waals surface area contributed by atoms with E-state index in [1.807, 2.05) is 24.0 Å². The lowest BCUT2D eigenvalue weighted by molar-refractivity contribution is 0.0868. The minimum atomic E-state index is -0.709. The monoisotopic (exact) mass is 415 g/mol. The van der Waals surface area contributed by atoms with Gasteiger partial charge in [-0.2, -0.15) is 0 Å². The van der Waals surface area contributed by atoms with Gasteiger partial charge in [-0.05, 0) is 45.7 Å². The Bertz CT molecular complexity index is 844. The van der Waals surface area contributed by atoms with Crippen molar-refractivity contribution in [1.82, 2.24) is 20.3 Å². The molecule has 1 aliphatic rings. The fourth-order valence-corrected chi connectivity index (χ4v) is 3.12. The molecular formula is C21H29N5O4. The molecule has 1 saturated heterocycles. The molecule has 0 spiro atoms. The van der Waals surface area contributed by atoms with Crippen LogP contribution in [0.25, 0.3) is 0 Å². The second-order valence-corrected chi connectivity index (χ2v) is 7.84. The van der Waals surface area contributed by atoms with Gasteiger partial charge in [-0.15, -0.1) is 0 Å². The van der Waals surface area contributed by atoms with Gasteiger partial charge in [0.2, 0.25) is 5.95 Å². The van der Waals surface area contributed by atoms with E-state index in [-0.39, 0.29) is 18.6 Å². The molecule has 3 rings (SSSR count). The van der Waals surface area contributed by atoms with Crippen LogP contribution in [0.4, 0.5) is 5.95 Å². The van der Waals surface area contributed by atoms with E-state index in [9.17, 15) is 9.90 Å². The van der Waals surface area contributed by atoms with Crippen molar-refractivity contribution in [2.75, 3.05) is 31.2 Å². The van der Waals surface area contributed by atoms with E-state index in [1.54, 1.807) is 20.0 Å². The highest BCUT2D eigenvalue weighted by Gasteiger charge is 2.25. The number of nitrogens with one attached hydrogen (secondary N) is 1. The van der Waals surface area contributed by atoms with E-state index < -0.39 is 5.54 Å². The summed E-state index contributed by atoms with van der Waals surface area (Å²) >= 11 is 0. The summed E-state index contributed by atoms with van der Waals surface area (Å²) in [5.74, 6) is 1.35. The van der Waals surface area contributed by atoms with Crippen LogP contribution in [0, 0.1) is 0 Å². The van der Waals surface area contributed by atoms with Gasteiger partial charge in [0.25, 0.3) is 11.8 Å². The maximum Gasteiger partial charge on any atom is 0.257 e. The molecule has 30 heavy (non-hydrogen) atoms. The number of anilines is 1. The number of aliphatic hydroxyl groups is 1. The lowest BCUT2D eigenvalue weighted by Crippen LogP contribution is -2.46. The highest BCUT2D eigenvalue weighted by atomic mass is 16.5. The van der Waals surface area contributed by atoms with E-state index in [2.05, 4.69) is 20.3 Å². The van der Waals surface area contributed by atoms with Crippen LogP contribution >= 0.6 is 0 Å². The Labute approximate surface area is 176 Å². The van der Waals surface area contributed by atoms with Crippen LogP contribution in [0.1, 0.15) is 44.0 Å². The number of ether oxygens (including phenoxy) is 2. The summed E-state index contributed by atoms with van der Waals surface area (Å²) in [6.45, 7) is 7.22. The fourth-order valence-electron chi connectivity index (χ4n) is 3.12. The van der Waals surface area contributed by atoms with Gasteiger partial charge in [0.1, 0.15) is 6.10 Å². The van der Waals surface area contributed by atoms with Crippen molar-refractivity contribution in [3.8, 4) is 11.6 Å². The molecule has 1 amide bonds. The molecule has 0 radical (unpaired) electrons. The lowest BCUT2D eigenvalue weighted by atomic mass is 10.1. The highest BCUT2D eigenvalue weighted by molar-refractivity contribution is 5.94. The molecule has 2 aromatic heterocycles. The summed E-state index contributed by atoms with van der Waals surface area (Å²) in [5.41, 5.74) is -0.362. The zero-order valence-electron chi connectivity index (χ0n) is 17.7. The van der Waals surface area contributed by atoms with Gasteiger partial charge in [-0.25, -0.2) is 15.0 Å². The topological polar surface area (TPSA) is 110 Å². The summed E-state index contributed by atoms with van der Waals surface area (Å²) in [5, 5.41) is 12.1. The van der Waals surface area contributed by atoms with Crippen molar-refractivity contribution in [1.29, 1.82) is 0 Å². The predicted octanol–water partition coefficient (Wildman–Crippen LogP) is 1.82. The molecule has 2 N–H and O–H groups in total. The van der Waals surface area contributed by atoms with Crippen molar-refractivity contribution in [3.63, 3.8) is 0 Å². The third kappa shape index (κ3) is 5.56. The summed E-state index contributed by atoms with van der Waals surface area (Å²) in [7, 11) is 0. The number of aliphatic hydroxyl groups excluding tert-OH is 1. The first-order chi connectivity index (χ1) is 14.4. The van der Waals surface area contributed by atoms with Gasteiger partial charge < -0.3 is 24.8 Å². The summed E-state index contributed by atoms with van der Waals surface area (Å²) in [6, 6.07) is 3.66. The largest absolute Gasteiger partial charge is 0.488 e. The molecule has 9 heteroatoms. The normalized spacial score (nSPS) is 16.8. The maximum absolute atomic E-state index is 12.3. The standard InChI is InChI=1S/C21H29N5O4/c1-4-29-17-8-5-9-22-19(17)30-16-7-6-10-26(13-16)20-23-11-15(12-24-20)18(28)25-21(2,3)14-27/h5,8-9,11-12,16,27H,4,6-7,10,13-14H2,1-3H3,(H,25,28)/t16-/m1/s1. The van der Waals surface area contributed by atoms with Crippen molar-refractivity contribution in [3.05, 3.63) is 36.3 Å². The van der Waals surface area contributed by atoms with Gasteiger partial charge in [-0.3, -0.25) is 4.79 Å². The Kier molecular flexibility index (Phi) is 7.04. The Balaban J connectivity index is 1.64. The van der Waals surface area contributed by atoms with Gasteiger partial charge in [0.05, 0.1) is 30.9 Å².